The van der Waals surface area contributed by atoms with Crippen LogP contribution >= 0.6 is 0 Å². The summed E-state index contributed by atoms with van der Waals surface area (Å²) in [6, 6.07) is 1.82. The highest BCUT2D eigenvalue weighted by atomic mass is 16.5. The molecule has 19 heavy (non-hydrogen) atoms. The fraction of sp³-hybridized carbons (Fsp3) is 0.308. The largest absolute Gasteiger partial charge is 0.480 e. The highest BCUT2D eigenvalue weighted by Gasteiger charge is 2.20. The Morgan fingerprint density at radius 2 is 2.00 bits per heavy atom. The highest BCUT2D eigenvalue weighted by Crippen LogP contribution is 2.29. The minimum atomic E-state index is -0.943. The summed E-state index contributed by atoms with van der Waals surface area (Å²) in [5, 5.41) is 10.4. The van der Waals surface area contributed by atoms with E-state index in [0.29, 0.717) is 17.1 Å². The number of ether oxygens (including phenoxy) is 2. The van der Waals surface area contributed by atoms with Gasteiger partial charge in [0.1, 0.15) is 11.8 Å². The van der Waals surface area contributed by atoms with Gasteiger partial charge in [-0.2, -0.15) is 4.98 Å². The lowest BCUT2D eigenvalue weighted by molar-refractivity contribution is 0.205. The first kappa shape index (κ1) is 13.2. The molecule has 2 aromatic heterocycles. The van der Waals surface area contributed by atoms with Gasteiger partial charge in [0, 0.05) is 18.0 Å². The molecule has 1 N–H and O–H groups in total. The van der Waals surface area contributed by atoms with Gasteiger partial charge in [0.25, 0.3) is 0 Å². The molecule has 0 radical (unpaired) electrons. The van der Waals surface area contributed by atoms with Crippen LogP contribution in [0.4, 0.5) is 0 Å². The van der Waals surface area contributed by atoms with Gasteiger partial charge in [-0.15, -0.1) is 0 Å². The maximum atomic E-state index is 10.4. The van der Waals surface area contributed by atoms with E-state index in [1.165, 1.54) is 20.4 Å². The summed E-state index contributed by atoms with van der Waals surface area (Å²) >= 11 is 0. The molecule has 0 aliphatic heterocycles. The van der Waals surface area contributed by atoms with Gasteiger partial charge < -0.3 is 14.6 Å². The second-order valence-corrected chi connectivity index (χ2v) is 3.94. The van der Waals surface area contributed by atoms with Crippen molar-refractivity contribution >= 4 is 0 Å². The maximum Gasteiger partial charge on any atom is 0.241 e. The first-order valence-electron chi connectivity index (χ1n) is 5.71. The molecule has 0 aliphatic rings. The average Bonchev–Trinajstić information content (AvgIpc) is 2.46. The van der Waals surface area contributed by atoms with Gasteiger partial charge in [-0.05, 0) is 18.6 Å². The van der Waals surface area contributed by atoms with Crippen LogP contribution in [0.15, 0.2) is 24.7 Å². The van der Waals surface area contributed by atoms with E-state index >= 15 is 0 Å². The zero-order valence-electron chi connectivity index (χ0n) is 11.0. The van der Waals surface area contributed by atoms with Crippen LogP contribution < -0.4 is 9.47 Å². The molecule has 2 heterocycles. The minimum absolute atomic E-state index is 0.232. The van der Waals surface area contributed by atoms with Crippen molar-refractivity contribution in [1.29, 1.82) is 0 Å². The summed E-state index contributed by atoms with van der Waals surface area (Å²) in [5.41, 5.74) is 1.92. The Morgan fingerprint density at radius 3 is 2.63 bits per heavy atom. The van der Waals surface area contributed by atoms with Crippen molar-refractivity contribution in [2.75, 3.05) is 14.2 Å². The van der Waals surface area contributed by atoms with Crippen LogP contribution in [0.5, 0.6) is 11.8 Å². The molecular formula is C13H15N3O3. The molecule has 0 aromatic carbocycles. The van der Waals surface area contributed by atoms with E-state index in [0.717, 1.165) is 5.56 Å². The first-order chi connectivity index (χ1) is 9.17. The normalized spacial score (nSPS) is 12.0. The summed E-state index contributed by atoms with van der Waals surface area (Å²) in [4.78, 5) is 12.3. The number of aryl methyl sites for hydroxylation is 1. The fourth-order valence-electron chi connectivity index (χ4n) is 1.71. The molecule has 2 aromatic rings. The summed E-state index contributed by atoms with van der Waals surface area (Å²) in [6.07, 6.45) is 3.77. The Balaban J connectivity index is 2.44. The van der Waals surface area contributed by atoms with Crippen molar-refractivity contribution in [2.45, 2.75) is 13.0 Å². The lowest BCUT2D eigenvalue weighted by Gasteiger charge is -2.15. The molecule has 0 spiro atoms. The quantitative estimate of drug-likeness (QED) is 0.893. The number of aliphatic hydroxyl groups excluding tert-OH is 1. The zero-order chi connectivity index (χ0) is 13.8. The number of aromatic nitrogens is 3. The van der Waals surface area contributed by atoms with Crippen molar-refractivity contribution in [3.8, 4) is 11.8 Å². The van der Waals surface area contributed by atoms with Crippen LogP contribution in [-0.2, 0) is 0 Å². The van der Waals surface area contributed by atoms with Gasteiger partial charge in [0.05, 0.1) is 20.4 Å². The van der Waals surface area contributed by atoms with E-state index in [1.807, 2.05) is 13.0 Å². The maximum absolute atomic E-state index is 10.4. The number of rotatable bonds is 4. The predicted molar refractivity (Wildman–Crippen MR) is 68.2 cm³/mol. The van der Waals surface area contributed by atoms with Crippen LogP contribution in [-0.4, -0.2) is 34.3 Å². The van der Waals surface area contributed by atoms with Crippen LogP contribution in [0.2, 0.25) is 0 Å². The Morgan fingerprint density at radius 1 is 1.21 bits per heavy atom. The molecule has 0 saturated heterocycles. The van der Waals surface area contributed by atoms with Gasteiger partial charge in [-0.1, -0.05) is 0 Å². The predicted octanol–water partition coefficient (Wildman–Crippen LogP) is 1.28. The van der Waals surface area contributed by atoms with Gasteiger partial charge >= 0.3 is 0 Å². The van der Waals surface area contributed by atoms with Gasteiger partial charge in [0.15, 0.2) is 0 Å². The van der Waals surface area contributed by atoms with Crippen LogP contribution in [0, 0.1) is 6.92 Å². The smallest absolute Gasteiger partial charge is 0.241 e. The second kappa shape index (κ2) is 5.62. The van der Waals surface area contributed by atoms with E-state index in [1.54, 1.807) is 12.4 Å². The highest BCUT2D eigenvalue weighted by molar-refractivity contribution is 5.35. The standard InChI is InChI=1S/C13H15N3O3/c1-8-4-5-14-6-9(8)12(17)11-13(19-3)16-10(18-2)7-15-11/h4-7,12,17H,1-3H3. The molecular weight excluding hydrogens is 246 g/mol. The SMILES string of the molecule is COc1cnc(C(O)c2cnccc2C)c(OC)n1. The lowest BCUT2D eigenvalue weighted by Crippen LogP contribution is -2.08. The third-order valence-electron chi connectivity index (χ3n) is 2.78. The van der Waals surface area contributed by atoms with Gasteiger partial charge in [-0.25, -0.2) is 4.98 Å². The summed E-state index contributed by atoms with van der Waals surface area (Å²) in [7, 11) is 2.96. The molecule has 100 valence electrons. The van der Waals surface area contributed by atoms with Gasteiger partial charge in [0.2, 0.25) is 11.8 Å². The van der Waals surface area contributed by atoms with Crippen molar-refractivity contribution in [1.82, 2.24) is 15.0 Å². The molecule has 2 rings (SSSR count). The molecule has 6 heteroatoms. The molecule has 1 unspecified atom stereocenters. The topological polar surface area (TPSA) is 77.4 Å². The molecule has 6 nitrogen and oxygen atoms in total. The second-order valence-electron chi connectivity index (χ2n) is 3.94. The molecule has 0 bridgehead atoms. The van der Waals surface area contributed by atoms with E-state index in [-0.39, 0.29) is 5.88 Å². The lowest BCUT2D eigenvalue weighted by atomic mass is 10.0. The first-order valence-corrected chi connectivity index (χ1v) is 5.71. The number of pyridine rings is 1. The third-order valence-corrected chi connectivity index (χ3v) is 2.78. The Bertz CT molecular complexity index is 575. The molecule has 0 aliphatic carbocycles. The number of nitrogens with zero attached hydrogens (tertiary/aromatic N) is 3. The minimum Gasteiger partial charge on any atom is -0.480 e. The molecule has 1 atom stereocenters. The van der Waals surface area contributed by atoms with Crippen molar-refractivity contribution < 1.29 is 14.6 Å². The van der Waals surface area contributed by atoms with Crippen LogP contribution in [0.25, 0.3) is 0 Å². The van der Waals surface area contributed by atoms with Crippen molar-refractivity contribution in [3.63, 3.8) is 0 Å². The Kier molecular flexibility index (Phi) is 3.91. The average molecular weight is 261 g/mol. The van der Waals surface area contributed by atoms with Crippen molar-refractivity contribution in [2.24, 2.45) is 0 Å². The number of methoxy groups -OCH3 is 2. The molecule has 0 fully saturated rings. The third kappa shape index (κ3) is 2.63. The van der Waals surface area contributed by atoms with Crippen molar-refractivity contribution in [3.05, 3.63) is 41.5 Å². The van der Waals surface area contributed by atoms with E-state index < -0.39 is 6.10 Å². The number of hydrogen-bond acceptors (Lipinski definition) is 6. The summed E-state index contributed by atoms with van der Waals surface area (Å²) in [5.74, 6) is 0.561. The number of hydrogen-bond donors (Lipinski definition) is 1. The van der Waals surface area contributed by atoms with Crippen LogP contribution in [0.3, 0.4) is 0 Å². The summed E-state index contributed by atoms with van der Waals surface area (Å²) < 4.78 is 10.1. The fourth-order valence-corrected chi connectivity index (χ4v) is 1.71. The monoisotopic (exact) mass is 261 g/mol. The Labute approximate surface area is 111 Å². The number of aliphatic hydroxyl groups is 1. The van der Waals surface area contributed by atoms with E-state index in [2.05, 4.69) is 15.0 Å². The summed E-state index contributed by atoms with van der Waals surface area (Å²) in [6.45, 7) is 1.89. The van der Waals surface area contributed by atoms with Gasteiger partial charge in [-0.3, -0.25) is 4.98 Å². The van der Waals surface area contributed by atoms with E-state index in [4.69, 9.17) is 9.47 Å². The molecule has 0 saturated carbocycles. The molecule has 0 amide bonds. The Hall–Kier alpha value is -2.21. The zero-order valence-corrected chi connectivity index (χ0v) is 11.0. The van der Waals surface area contributed by atoms with E-state index in [9.17, 15) is 5.11 Å². The van der Waals surface area contributed by atoms with Crippen LogP contribution in [0.1, 0.15) is 22.9 Å².